The molecule has 0 bridgehead atoms. The molecule has 1 amide bonds. The van der Waals surface area contributed by atoms with E-state index in [-0.39, 0.29) is 11.8 Å². The van der Waals surface area contributed by atoms with Crippen molar-refractivity contribution in [2.24, 2.45) is 17.6 Å². The van der Waals surface area contributed by atoms with Crippen LogP contribution in [0.2, 0.25) is 0 Å². The highest BCUT2D eigenvalue weighted by molar-refractivity contribution is 5.81. The normalized spacial score (nSPS) is 20.8. The van der Waals surface area contributed by atoms with Crippen molar-refractivity contribution < 1.29 is 4.79 Å². The Hall–Kier alpha value is -1.79. The summed E-state index contributed by atoms with van der Waals surface area (Å²) in [5.74, 6) is 6.74. The van der Waals surface area contributed by atoms with Crippen molar-refractivity contribution in [3.63, 3.8) is 0 Å². The summed E-state index contributed by atoms with van der Waals surface area (Å²) < 4.78 is 0. The van der Waals surface area contributed by atoms with Gasteiger partial charge in [-0.3, -0.25) is 4.79 Å². The number of hydrogen-bond acceptors (Lipinski definition) is 2. The highest BCUT2D eigenvalue weighted by Crippen LogP contribution is 2.37. The van der Waals surface area contributed by atoms with Gasteiger partial charge in [-0.2, -0.15) is 0 Å². The minimum absolute atomic E-state index is 0.175. The minimum atomic E-state index is 0.175. The number of carbonyl (C=O) groups is 1. The van der Waals surface area contributed by atoms with E-state index in [9.17, 15) is 4.79 Å². The summed E-state index contributed by atoms with van der Waals surface area (Å²) in [6.07, 6.45) is 1.03. The van der Waals surface area contributed by atoms with Gasteiger partial charge in [0.15, 0.2) is 0 Å². The van der Waals surface area contributed by atoms with Crippen LogP contribution in [-0.2, 0) is 11.3 Å². The maximum atomic E-state index is 11.6. The lowest BCUT2D eigenvalue weighted by Gasteiger charge is -2.04. The molecule has 1 saturated carbocycles. The molecule has 2 atom stereocenters. The van der Waals surface area contributed by atoms with Crippen LogP contribution in [0.1, 0.15) is 24.5 Å². The summed E-state index contributed by atoms with van der Waals surface area (Å²) in [7, 11) is 0. The van der Waals surface area contributed by atoms with E-state index in [0.717, 1.165) is 17.5 Å². The Balaban J connectivity index is 1.84. The molecule has 94 valence electrons. The molecule has 1 aliphatic rings. The first kappa shape index (κ1) is 12.7. The quantitative estimate of drug-likeness (QED) is 0.784. The molecular formula is C15H18N2O. The van der Waals surface area contributed by atoms with Crippen LogP contribution in [0.4, 0.5) is 0 Å². The van der Waals surface area contributed by atoms with Crippen LogP contribution in [0, 0.1) is 23.7 Å². The zero-order valence-corrected chi connectivity index (χ0v) is 10.6. The SMILES string of the molecule is CC1CC1C(=O)NCc1ccc(C#CCN)cc1. The van der Waals surface area contributed by atoms with Crippen molar-refractivity contribution in [2.45, 2.75) is 19.9 Å². The van der Waals surface area contributed by atoms with Crippen LogP contribution in [0.3, 0.4) is 0 Å². The first-order valence-electron chi connectivity index (χ1n) is 6.26. The number of hydrogen-bond donors (Lipinski definition) is 2. The Labute approximate surface area is 108 Å². The Bertz CT molecular complexity index is 481. The van der Waals surface area contributed by atoms with E-state index in [0.29, 0.717) is 19.0 Å². The van der Waals surface area contributed by atoms with Gasteiger partial charge in [-0.25, -0.2) is 0 Å². The van der Waals surface area contributed by atoms with Gasteiger partial charge in [0.1, 0.15) is 0 Å². The monoisotopic (exact) mass is 242 g/mol. The van der Waals surface area contributed by atoms with Gasteiger partial charge < -0.3 is 11.1 Å². The molecule has 1 aliphatic carbocycles. The van der Waals surface area contributed by atoms with Crippen molar-refractivity contribution >= 4 is 5.91 Å². The standard InChI is InChI=1S/C15H18N2O/c1-11-9-14(11)15(18)17-10-13-6-4-12(5-7-13)3-2-8-16/h4-7,11,14H,8-10,16H2,1H3,(H,17,18). The molecule has 1 aromatic rings. The predicted molar refractivity (Wildman–Crippen MR) is 71.5 cm³/mol. The second-order valence-corrected chi connectivity index (χ2v) is 4.74. The Morgan fingerprint density at radius 3 is 2.67 bits per heavy atom. The molecule has 3 N–H and O–H groups in total. The third-order valence-corrected chi connectivity index (χ3v) is 3.20. The lowest BCUT2D eigenvalue weighted by Crippen LogP contribution is -2.24. The van der Waals surface area contributed by atoms with Crippen LogP contribution in [-0.4, -0.2) is 12.5 Å². The topological polar surface area (TPSA) is 55.1 Å². The molecule has 0 heterocycles. The maximum Gasteiger partial charge on any atom is 0.223 e. The van der Waals surface area contributed by atoms with Gasteiger partial charge >= 0.3 is 0 Å². The summed E-state index contributed by atoms with van der Waals surface area (Å²) in [5.41, 5.74) is 7.35. The van der Waals surface area contributed by atoms with Crippen molar-refractivity contribution in [1.29, 1.82) is 0 Å². The summed E-state index contributed by atoms with van der Waals surface area (Å²) in [4.78, 5) is 11.6. The second-order valence-electron chi connectivity index (χ2n) is 4.74. The van der Waals surface area contributed by atoms with Gasteiger partial charge in [0.05, 0.1) is 6.54 Å². The van der Waals surface area contributed by atoms with E-state index >= 15 is 0 Å². The Morgan fingerprint density at radius 2 is 2.11 bits per heavy atom. The minimum Gasteiger partial charge on any atom is -0.352 e. The molecule has 1 fully saturated rings. The average Bonchev–Trinajstić information content (AvgIpc) is 3.12. The van der Waals surface area contributed by atoms with Gasteiger partial charge in [0.25, 0.3) is 0 Å². The van der Waals surface area contributed by atoms with Crippen LogP contribution in [0.25, 0.3) is 0 Å². The smallest absolute Gasteiger partial charge is 0.223 e. The lowest BCUT2D eigenvalue weighted by atomic mass is 10.1. The fraction of sp³-hybridized carbons (Fsp3) is 0.400. The van der Waals surface area contributed by atoms with Crippen molar-refractivity contribution in [2.75, 3.05) is 6.54 Å². The molecule has 0 radical (unpaired) electrons. The van der Waals surface area contributed by atoms with Gasteiger partial charge in [-0.1, -0.05) is 30.9 Å². The number of benzene rings is 1. The van der Waals surface area contributed by atoms with Crippen molar-refractivity contribution in [1.82, 2.24) is 5.32 Å². The molecule has 0 spiro atoms. The molecule has 0 aliphatic heterocycles. The zero-order chi connectivity index (χ0) is 13.0. The molecule has 0 saturated heterocycles. The van der Waals surface area contributed by atoms with E-state index in [1.807, 2.05) is 24.3 Å². The van der Waals surface area contributed by atoms with Crippen LogP contribution >= 0.6 is 0 Å². The summed E-state index contributed by atoms with van der Waals surface area (Å²) in [6, 6.07) is 7.86. The third kappa shape index (κ3) is 3.35. The Kier molecular flexibility index (Phi) is 4.01. The average molecular weight is 242 g/mol. The molecule has 1 aromatic carbocycles. The molecule has 3 heteroatoms. The predicted octanol–water partition coefficient (Wildman–Crippen LogP) is 1.27. The Morgan fingerprint density at radius 1 is 1.44 bits per heavy atom. The third-order valence-electron chi connectivity index (χ3n) is 3.20. The van der Waals surface area contributed by atoms with Gasteiger partial charge in [0.2, 0.25) is 5.91 Å². The first-order chi connectivity index (χ1) is 8.70. The lowest BCUT2D eigenvalue weighted by molar-refractivity contribution is -0.122. The fourth-order valence-corrected chi connectivity index (χ4v) is 1.87. The van der Waals surface area contributed by atoms with Gasteiger partial charge in [0, 0.05) is 18.0 Å². The van der Waals surface area contributed by atoms with Crippen molar-refractivity contribution in [3.8, 4) is 11.8 Å². The number of nitrogens with two attached hydrogens (primary N) is 1. The van der Waals surface area contributed by atoms with E-state index in [1.165, 1.54) is 0 Å². The number of rotatable bonds is 3. The molecule has 0 aromatic heterocycles. The molecular weight excluding hydrogens is 224 g/mol. The highest BCUT2D eigenvalue weighted by Gasteiger charge is 2.38. The maximum absolute atomic E-state index is 11.6. The van der Waals surface area contributed by atoms with E-state index in [1.54, 1.807) is 0 Å². The number of amides is 1. The summed E-state index contributed by atoms with van der Waals surface area (Å²) >= 11 is 0. The molecule has 18 heavy (non-hydrogen) atoms. The van der Waals surface area contributed by atoms with Crippen molar-refractivity contribution in [3.05, 3.63) is 35.4 Å². The molecule has 2 unspecified atom stereocenters. The van der Waals surface area contributed by atoms with E-state index in [4.69, 9.17) is 5.73 Å². The zero-order valence-electron chi connectivity index (χ0n) is 10.6. The number of nitrogens with one attached hydrogen (secondary N) is 1. The number of carbonyl (C=O) groups excluding carboxylic acids is 1. The van der Waals surface area contributed by atoms with Crippen LogP contribution in [0.15, 0.2) is 24.3 Å². The van der Waals surface area contributed by atoms with Crippen LogP contribution in [0.5, 0.6) is 0 Å². The van der Waals surface area contributed by atoms with E-state index in [2.05, 4.69) is 24.1 Å². The summed E-state index contributed by atoms with van der Waals surface area (Å²) in [5, 5.41) is 2.96. The molecule has 3 nitrogen and oxygen atoms in total. The highest BCUT2D eigenvalue weighted by atomic mass is 16.2. The van der Waals surface area contributed by atoms with E-state index < -0.39 is 0 Å². The van der Waals surface area contributed by atoms with Crippen LogP contribution < -0.4 is 11.1 Å². The summed E-state index contributed by atoms with van der Waals surface area (Å²) in [6.45, 7) is 3.07. The molecule has 2 rings (SSSR count). The van der Waals surface area contributed by atoms with Gasteiger partial charge in [-0.15, -0.1) is 0 Å². The fourth-order valence-electron chi connectivity index (χ4n) is 1.87. The first-order valence-corrected chi connectivity index (χ1v) is 6.26. The largest absolute Gasteiger partial charge is 0.352 e. The second kappa shape index (κ2) is 5.70. The van der Waals surface area contributed by atoms with Gasteiger partial charge in [-0.05, 0) is 30.0 Å².